The van der Waals surface area contributed by atoms with Crippen LogP contribution in [0.3, 0.4) is 0 Å². The predicted molar refractivity (Wildman–Crippen MR) is 67.7 cm³/mol. The van der Waals surface area contributed by atoms with Crippen LogP contribution in [0.4, 0.5) is 10.3 Å². The van der Waals surface area contributed by atoms with Crippen molar-refractivity contribution in [1.29, 1.82) is 0 Å². The fourth-order valence-electron chi connectivity index (χ4n) is 1.03. The van der Waals surface area contributed by atoms with Crippen molar-refractivity contribution < 1.29 is 0 Å². The molecule has 16 heavy (non-hydrogen) atoms. The summed E-state index contributed by atoms with van der Waals surface area (Å²) in [5.74, 6) is 0.966. The molecular formula is C7H10N6S3. The van der Waals surface area contributed by atoms with Gasteiger partial charge in [-0.1, -0.05) is 34.4 Å². The highest BCUT2D eigenvalue weighted by Crippen LogP contribution is 2.24. The molecule has 9 heteroatoms. The van der Waals surface area contributed by atoms with Gasteiger partial charge in [-0.2, -0.15) is 0 Å². The third-order valence-corrected chi connectivity index (χ3v) is 4.45. The Labute approximate surface area is 104 Å². The molecule has 6 nitrogen and oxygen atoms in total. The zero-order valence-electron chi connectivity index (χ0n) is 8.29. The summed E-state index contributed by atoms with van der Waals surface area (Å²) in [5, 5.41) is 17.4. The molecule has 0 amide bonds. The molecule has 0 spiro atoms. The molecule has 0 bridgehead atoms. The molecule has 0 aliphatic rings. The number of aryl methyl sites for hydroxylation is 1. The van der Waals surface area contributed by atoms with Crippen LogP contribution >= 0.6 is 34.4 Å². The first-order chi connectivity index (χ1) is 7.74. The highest BCUT2D eigenvalue weighted by atomic mass is 32.2. The molecule has 0 fully saturated rings. The minimum Gasteiger partial charge on any atom is -0.374 e. The van der Waals surface area contributed by atoms with E-state index in [-0.39, 0.29) is 0 Å². The Kier molecular flexibility index (Phi) is 3.91. The molecule has 2 heterocycles. The van der Waals surface area contributed by atoms with Crippen LogP contribution in [0.5, 0.6) is 0 Å². The molecule has 0 radical (unpaired) electrons. The Morgan fingerprint density at radius 1 is 1.00 bits per heavy atom. The average Bonchev–Trinajstić information content (AvgIpc) is 2.83. The molecular weight excluding hydrogens is 264 g/mol. The van der Waals surface area contributed by atoms with Crippen molar-refractivity contribution in [3.8, 4) is 0 Å². The van der Waals surface area contributed by atoms with E-state index < -0.39 is 0 Å². The van der Waals surface area contributed by atoms with Gasteiger partial charge in [-0.3, -0.25) is 0 Å². The first kappa shape index (κ1) is 11.6. The second kappa shape index (κ2) is 5.41. The third-order valence-electron chi connectivity index (χ3n) is 1.67. The standard InChI is InChI=1S/C7H10N6S3/c8-5-11-10-4(15-5)2-1-3-14-7-13-12-6(9)16-7/h1-3H2,(H2,8,11)(H2,9,12). The number of nitrogen functional groups attached to an aromatic ring is 2. The lowest BCUT2D eigenvalue weighted by molar-refractivity contribution is 0.886. The lowest BCUT2D eigenvalue weighted by Crippen LogP contribution is -1.87. The van der Waals surface area contributed by atoms with Crippen LogP contribution in [0.1, 0.15) is 11.4 Å². The van der Waals surface area contributed by atoms with Crippen LogP contribution in [-0.2, 0) is 6.42 Å². The van der Waals surface area contributed by atoms with Gasteiger partial charge < -0.3 is 11.5 Å². The second-order valence-corrected chi connectivity index (χ2v) is 6.34. The zero-order chi connectivity index (χ0) is 11.4. The molecule has 0 unspecified atom stereocenters. The van der Waals surface area contributed by atoms with Gasteiger partial charge in [0.1, 0.15) is 5.01 Å². The van der Waals surface area contributed by atoms with Gasteiger partial charge >= 0.3 is 0 Å². The first-order valence-electron chi connectivity index (χ1n) is 4.53. The molecule has 0 saturated carbocycles. The van der Waals surface area contributed by atoms with Crippen molar-refractivity contribution in [2.75, 3.05) is 17.2 Å². The maximum Gasteiger partial charge on any atom is 0.203 e. The van der Waals surface area contributed by atoms with Crippen molar-refractivity contribution in [1.82, 2.24) is 20.4 Å². The van der Waals surface area contributed by atoms with E-state index in [4.69, 9.17) is 11.5 Å². The predicted octanol–water partition coefficient (Wildman–Crippen LogP) is 1.28. The van der Waals surface area contributed by atoms with E-state index in [1.165, 1.54) is 22.7 Å². The molecule has 0 aliphatic carbocycles. The first-order valence-corrected chi connectivity index (χ1v) is 7.15. The number of nitrogens with zero attached hydrogens (tertiary/aromatic N) is 4. The van der Waals surface area contributed by atoms with Crippen molar-refractivity contribution in [2.45, 2.75) is 17.2 Å². The minimum atomic E-state index is 0.513. The minimum absolute atomic E-state index is 0.513. The monoisotopic (exact) mass is 274 g/mol. The average molecular weight is 274 g/mol. The Hall–Kier alpha value is -0.930. The molecule has 0 saturated heterocycles. The summed E-state index contributed by atoms with van der Waals surface area (Å²) in [5.41, 5.74) is 11.0. The maximum absolute atomic E-state index is 5.49. The molecule has 86 valence electrons. The highest BCUT2D eigenvalue weighted by molar-refractivity contribution is 8.01. The molecule has 2 aromatic heterocycles. The number of hydrogen-bond acceptors (Lipinski definition) is 9. The van der Waals surface area contributed by atoms with Crippen LogP contribution in [-0.4, -0.2) is 26.1 Å². The largest absolute Gasteiger partial charge is 0.374 e. The van der Waals surface area contributed by atoms with Gasteiger partial charge in [-0.15, -0.1) is 20.4 Å². The van der Waals surface area contributed by atoms with Gasteiger partial charge in [0.05, 0.1) is 0 Å². The molecule has 2 rings (SSSR count). The lowest BCUT2D eigenvalue weighted by Gasteiger charge is -1.94. The van der Waals surface area contributed by atoms with Crippen LogP contribution in [0.2, 0.25) is 0 Å². The van der Waals surface area contributed by atoms with E-state index in [1.54, 1.807) is 11.8 Å². The van der Waals surface area contributed by atoms with Crippen LogP contribution in [0.15, 0.2) is 4.34 Å². The molecule has 0 atom stereocenters. The number of rotatable bonds is 5. The summed E-state index contributed by atoms with van der Waals surface area (Å²) in [7, 11) is 0. The summed E-state index contributed by atoms with van der Waals surface area (Å²) in [4.78, 5) is 0. The van der Waals surface area contributed by atoms with Crippen molar-refractivity contribution in [2.24, 2.45) is 0 Å². The van der Waals surface area contributed by atoms with E-state index in [9.17, 15) is 0 Å². The van der Waals surface area contributed by atoms with E-state index in [0.717, 1.165) is 27.9 Å². The summed E-state index contributed by atoms with van der Waals surface area (Å²) in [6, 6.07) is 0. The van der Waals surface area contributed by atoms with Gasteiger partial charge in [0.15, 0.2) is 4.34 Å². The van der Waals surface area contributed by atoms with Crippen LogP contribution < -0.4 is 11.5 Å². The normalized spacial score (nSPS) is 10.8. The Balaban J connectivity index is 1.69. The van der Waals surface area contributed by atoms with Crippen molar-refractivity contribution in [3.05, 3.63) is 5.01 Å². The SMILES string of the molecule is Nc1nnc(CCCSc2nnc(N)s2)s1. The molecule has 4 N–H and O–H groups in total. The Morgan fingerprint density at radius 3 is 2.38 bits per heavy atom. The molecule has 0 aliphatic heterocycles. The number of anilines is 2. The third kappa shape index (κ3) is 3.29. The number of hydrogen-bond donors (Lipinski definition) is 2. The highest BCUT2D eigenvalue weighted by Gasteiger charge is 2.03. The van der Waals surface area contributed by atoms with Gasteiger partial charge in [0, 0.05) is 12.2 Å². The van der Waals surface area contributed by atoms with E-state index in [2.05, 4.69) is 20.4 Å². The van der Waals surface area contributed by atoms with Crippen molar-refractivity contribution >= 4 is 44.7 Å². The number of aromatic nitrogens is 4. The van der Waals surface area contributed by atoms with E-state index in [1.807, 2.05) is 0 Å². The van der Waals surface area contributed by atoms with Gasteiger partial charge in [0.2, 0.25) is 10.3 Å². The summed E-state index contributed by atoms with van der Waals surface area (Å²) >= 11 is 4.51. The topological polar surface area (TPSA) is 104 Å². The lowest BCUT2D eigenvalue weighted by atomic mass is 10.4. The Bertz CT molecular complexity index is 410. The van der Waals surface area contributed by atoms with Gasteiger partial charge in [0.25, 0.3) is 0 Å². The molecule has 0 aromatic carbocycles. The summed E-state index contributed by atoms with van der Waals surface area (Å²) in [6.07, 6.45) is 1.91. The zero-order valence-corrected chi connectivity index (χ0v) is 10.7. The van der Waals surface area contributed by atoms with Crippen LogP contribution in [0, 0.1) is 0 Å². The smallest absolute Gasteiger partial charge is 0.203 e. The fraction of sp³-hybridized carbons (Fsp3) is 0.429. The van der Waals surface area contributed by atoms with Crippen molar-refractivity contribution in [3.63, 3.8) is 0 Å². The Morgan fingerprint density at radius 2 is 1.75 bits per heavy atom. The van der Waals surface area contributed by atoms with E-state index >= 15 is 0 Å². The van der Waals surface area contributed by atoms with Crippen LogP contribution in [0.25, 0.3) is 0 Å². The molecule has 2 aromatic rings. The van der Waals surface area contributed by atoms with Gasteiger partial charge in [-0.25, -0.2) is 0 Å². The summed E-state index contributed by atoms with van der Waals surface area (Å²) < 4.78 is 0.911. The van der Waals surface area contributed by atoms with E-state index in [0.29, 0.717) is 10.3 Å². The number of nitrogens with two attached hydrogens (primary N) is 2. The fourth-order valence-corrected chi connectivity index (χ4v) is 3.33. The quantitative estimate of drug-likeness (QED) is 0.625. The number of thioether (sulfide) groups is 1. The maximum atomic E-state index is 5.49. The van der Waals surface area contributed by atoms with Gasteiger partial charge in [-0.05, 0) is 6.42 Å². The second-order valence-electron chi connectivity index (χ2n) is 2.89. The summed E-state index contributed by atoms with van der Waals surface area (Å²) in [6.45, 7) is 0.